The van der Waals surface area contributed by atoms with Crippen molar-refractivity contribution in [3.8, 4) is 5.69 Å². The maximum absolute atomic E-state index is 4.10. The number of hydrogen-bond acceptors (Lipinski definition) is 5. The van der Waals surface area contributed by atoms with Crippen LogP contribution in [0.1, 0.15) is 0 Å². The van der Waals surface area contributed by atoms with Crippen LogP contribution in [0.5, 0.6) is 0 Å². The number of nitrogens with one attached hydrogen (secondary N) is 1. The van der Waals surface area contributed by atoms with Crippen LogP contribution in [0.2, 0.25) is 0 Å². The summed E-state index contributed by atoms with van der Waals surface area (Å²) < 4.78 is 3.96. The average molecular weight is 347 g/mol. The molecule has 0 atom stereocenters. The van der Waals surface area contributed by atoms with Crippen molar-refractivity contribution >= 4 is 22.5 Å². The number of rotatable bonds is 6. The van der Waals surface area contributed by atoms with Crippen molar-refractivity contribution in [3.05, 3.63) is 60.8 Å². The molecule has 0 aliphatic rings. The minimum atomic E-state index is 0.586. The van der Waals surface area contributed by atoms with Crippen LogP contribution in [-0.2, 0) is 6.54 Å². The van der Waals surface area contributed by atoms with Crippen LogP contribution in [0.3, 0.4) is 0 Å². The molecule has 0 amide bonds. The lowest BCUT2D eigenvalue weighted by atomic mass is 10.2. The maximum Gasteiger partial charge on any atom is 0.252 e. The van der Waals surface area contributed by atoms with Crippen molar-refractivity contribution in [1.82, 2.24) is 29.7 Å². The molecule has 7 heteroatoms. The highest BCUT2D eigenvalue weighted by atomic mass is 15.6. The third kappa shape index (κ3) is 3.29. The molecule has 26 heavy (non-hydrogen) atoms. The minimum Gasteiger partial charge on any atom is -0.346 e. The van der Waals surface area contributed by atoms with E-state index in [0.717, 1.165) is 24.5 Å². The SMILES string of the molecule is CN(C)CCn1ccc2cc(Nc3nnnn3-c3ccccc3)ccc21. The number of aromatic nitrogens is 5. The average Bonchev–Trinajstić information content (AvgIpc) is 3.27. The number of hydrogen-bond donors (Lipinski definition) is 1. The van der Waals surface area contributed by atoms with Gasteiger partial charge in [-0.2, -0.15) is 4.68 Å². The van der Waals surface area contributed by atoms with Gasteiger partial charge in [0.25, 0.3) is 5.95 Å². The number of nitrogens with zero attached hydrogens (tertiary/aromatic N) is 6. The minimum absolute atomic E-state index is 0.586. The van der Waals surface area contributed by atoms with E-state index in [9.17, 15) is 0 Å². The first-order valence-corrected chi connectivity index (χ1v) is 8.55. The third-order valence-corrected chi connectivity index (χ3v) is 4.29. The molecule has 0 bridgehead atoms. The number of fused-ring (bicyclic) bond motifs is 1. The van der Waals surface area contributed by atoms with Gasteiger partial charge in [-0.05, 0) is 60.9 Å². The summed E-state index contributed by atoms with van der Waals surface area (Å²) in [4.78, 5) is 2.19. The first-order chi connectivity index (χ1) is 12.7. The Morgan fingerprint density at radius 2 is 1.88 bits per heavy atom. The van der Waals surface area contributed by atoms with Gasteiger partial charge in [-0.3, -0.25) is 0 Å². The van der Waals surface area contributed by atoms with Crippen LogP contribution in [0.15, 0.2) is 60.8 Å². The summed E-state index contributed by atoms with van der Waals surface area (Å²) in [5, 5.41) is 16.5. The molecule has 1 N–H and O–H groups in total. The Bertz CT molecular complexity index is 1000. The zero-order valence-corrected chi connectivity index (χ0v) is 14.9. The van der Waals surface area contributed by atoms with Crippen LogP contribution in [0.4, 0.5) is 11.6 Å². The molecule has 4 rings (SSSR count). The highest BCUT2D eigenvalue weighted by Crippen LogP contribution is 2.23. The molecular formula is C19H21N7. The maximum atomic E-state index is 4.10. The fourth-order valence-corrected chi connectivity index (χ4v) is 2.92. The number of anilines is 2. The smallest absolute Gasteiger partial charge is 0.252 e. The van der Waals surface area contributed by atoms with E-state index < -0.39 is 0 Å². The predicted molar refractivity (Wildman–Crippen MR) is 103 cm³/mol. The fourth-order valence-electron chi connectivity index (χ4n) is 2.92. The van der Waals surface area contributed by atoms with Gasteiger partial charge in [0.05, 0.1) is 5.69 Å². The van der Waals surface area contributed by atoms with Crippen LogP contribution >= 0.6 is 0 Å². The summed E-state index contributed by atoms with van der Waals surface area (Å²) in [7, 11) is 4.18. The molecule has 2 heterocycles. The standard InChI is InChI=1S/C19H21N7/c1-24(2)12-13-25-11-10-15-14-16(8-9-18(15)25)20-19-21-22-23-26(19)17-6-4-3-5-7-17/h3-11,14H,12-13H2,1-2H3,(H,20,21,23). The fraction of sp³-hybridized carbons (Fsp3) is 0.211. The molecule has 0 aliphatic heterocycles. The first kappa shape index (κ1) is 16.3. The summed E-state index contributed by atoms with van der Waals surface area (Å²) in [6.07, 6.45) is 2.13. The van der Waals surface area contributed by atoms with E-state index in [2.05, 4.69) is 74.9 Å². The van der Waals surface area contributed by atoms with E-state index in [-0.39, 0.29) is 0 Å². The zero-order valence-electron chi connectivity index (χ0n) is 14.9. The molecule has 0 aliphatic carbocycles. The lowest BCUT2D eigenvalue weighted by molar-refractivity contribution is 0.387. The third-order valence-electron chi connectivity index (χ3n) is 4.29. The summed E-state index contributed by atoms with van der Waals surface area (Å²) in [6.45, 7) is 1.98. The number of benzene rings is 2. The summed E-state index contributed by atoms with van der Waals surface area (Å²) in [5.74, 6) is 0.586. The molecule has 4 aromatic rings. The number of tetrazole rings is 1. The van der Waals surface area contributed by atoms with Crippen molar-refractivity contribution < 1.29 is 0 Å². The topological polar surface area (TPSA) is 63.8 Å². The van der Waals surface area contributed by atoms with E-state index in [1.54, 1.807) is 4.68 Å². The molecule has 0 fully saturated rings. The molecule has 0 unspecified atom stereocenters. The summed E-state index contributed by atoms with van der Waals surface area (Å²) in [5.41, 5.74) is 3.09. The molecule has 0 saturated heterocycles. The number of likely N-dealkylation sites (N-methyl/N-ethyl adjacent to an activating group) is 1. The van der Waals surface area contributed by atoms with Crippen molar-refractivity contribution in [2.75, 3.05) is 26.0 Å². The van der Waals surface area contributed by atoms with Crippen molar-refractivity contribution in [1.29, 1.82) is 0 Å². The second-order valence-corrected chi connectivity index (χ2v) is 6.46. The Hall–Kier alpha value is -3.19. The van der Waals surface area contributed by atoms with Gasteiger partial charge in [0, 0.05) is 35.9 Å². The van der Waals surface area contributed by atoms with Crippen LogP contribution < -0.4 is 5.32 Å². The van der Waals surface area contributed by atoms with Gasteiger partial charge < -0.3 is 14.8 Å². The Morgan fingerprint density at radius 1 is 1.04 bits per heavy atom. The summed E-state index contributed by atoms with van der Waals surface area (Å²) in [6, 6.07) is 18.3. The van der Waals surface area contributed by atoms with Gasteiger partial charge in [-0.15, -0.1) is 0 Å². The Kier molecular flexibility index (Phi) is 4.37. The van der Waals surface area contributed by atoms with Crippen LogP contribution in [0.25, 0.3) is 16.6 Å². The largest absolute Gasteiger partial charge is 0.346 e. The second kappa shape index (κ2) is 6.97. The first-order valence-electron chi connectivity index (χ1n) is 8.55. The van der Waals surface area contributed by atoms with E-state index in [0.29, 0.717) is 5.95 Å². The lowest BCUT2D eigenvalue weighted by Gasteiger charge is -2.11. The zero-order chi connectivity index (χ0) is 17.9. The Labute approximate surface area is 151 Å². The predicted octanol–water partition coefficient (Wildman–Crippen LogP) is 2.92. The van der Waals surface area contributed by atoms with Gasteiger partial charge in [-0.25, -0.2) is 0 Å². The molecule has 132 valence electrons. The molecule has 0 saturated carbocycles. The quantitative estimate of drug-likeness (QED) is 0.581. The van der Waals surface area contributed by atoms with Crippen molar-refractivity contribution in [2.24, 2.45) is 0 Å². The highest BCUT2D eigenvalue weighted by Gasteiger charge is 2.09. The Morgan fingerprint density at radius 3 is 2.69 bits per heavy atom. The molecule has 7 nitrogen and oxygen atoms in total. The van der Waals surface area contributed by atoms with Gasteiger partial charge in [0.1, 0.15) is 0 Å². The van der Waals surface area contributed by atoms with E-state index in [4.69, 9.17) is 0 Å². The monoisotopic (exact) mass is 347 g/mol. The molecule has 0 spiro atoms. The van der Waals surface area contributed by atoms with Gasteiger partial charge >= 0.3 is 0 Å². The second-order valence-electron chi connectivity index (χ2n) is 6.46. The van der Waals surface area contributed by atoms with Gasteiger partial charge in [0.15, 0.2) is 0 Å². The van der Waals surface area contributed by atoms with Crippen molar-refractivity contribution in [2.45, 2.75) is 6.54 Å². The van der Waals surface area contributed by atoms with Gasteiger partial charge in [0.2, 0.25) is 0 Å². The van der Waals surface area contributed by atoms with Crippen LogP contribution in [-0.4, -0.2) is 50.3 Å². The molecule has 2 aromatic heterocycles. The van der Waals surface area contributed by atoms with Crippen molar-refractivity contribution in [3.63, 3.8) is 0 Å². The normalized spacial score (nSPS) is 11.3. The highest BCUT2D eigenvalue weighted by molar-refractivity contribution is 5.84. The van der Waals surface area contributed by atoms with Crippen LogP contribution in [0, 0.1) is 0 Å². The van der Waals surface area contributed by atoms with E-state index in [1.807, 2.05) is 30.3 Å². The molecular weight excluding hydrogens is 326 g/mol. The van der Waals surface area contributed by atoms with E-state index >= 15 is 0 Å². The molecule has 0 radical (unpaired) electrons. The Balaban J connectivity index is 1.58. The van der Waals surface area contributed by atoms with E-state index in [1.165, 1.54) is 10.9 Å². The summed E-state index contributed by atoms with van der Waals surface area (Å²) >= 11 is 0. The number of para-hydroxylation sites is 1. The molecule has 2 aromatic carbocycles. The van der Waals surface area contributed by atoms with Gasteiger partial charge in [-0.1, -0.05) is 23.3 Å². The lowest BCUT2D eigenvalue weighted by Crippen LogP contribution is -2.17.